The van der Waals surface area contributed by atoms with E-state index < -0.39 is 11.9 Å². The third-order valence-electron chi connectivity index (χ3n) is 3.81. The number of methoxy groups -OCH3 is 1. The predicted molar refractivity (Wildman–Crippen MR) is 106 cm³/mol. The fourth-order valence-corrected chi connectivity index (χ4v) is 2.37. The maximum atomic E-state index is 12.3. The number of hydrogen-bond donors (Lipinski definition) is 3. The van der Waals surface area contributed by atoms with E-state index in [0.29, 0.717) is 24.3 Å². The first kappa shape index (κ1) is 22.2. The summed E-state index contributed by atoms with van der Waals surface area (Å²) >= 11 is 0. The molecule has 1 aromatic carbocycles. The fourth-order valence-electron chi connectivity index (χ4n) is 2.37. The number of hydrogen-bond acceptors (Lipinski definition) is 4. The van der Waals surface area contributed by atoms with E-state index in [1.54, 1.807) is 20.1 Å². The van der Waals surface area contributed by atoms with Crippen molar-refractivity contribution in [2.24, 2.45) is 0 Å². The summed E-state index contributed by atoms with van der Waals surface area (Å²) in [4.78, 5) is 35.8. The van der Waals surface area contributed by atoms with Gasteiger partial charge >= 0.3 is 0 Å². The lowest BCUT2D eigenvalue weighted by Crippen LogP contribution is -2.45. The number of ether oxygens (including phenoxy) is 1. The molecule has 3 amide bonds. The monoisotopic (exact) mass is 375 g/mol. The topological polar surface area (TPSA) is 96.5 Å². The summed E-state index contributed by atoms with van der Waals surface area (Å²) in [5.74, 6) is -0.315. The van der Waals surface area contributed by atoms with Crippen LogP contribution in [0.15, 0.2) is 24.3 Å². The van der Waals surface area contributed by atoms with Crippen LogP contribution >= 0.6 is 0 Å². The van der Waals surface area contributed by atoms with Crippen molar-refractivity contribution in [3.63, 3.8) is 0 Å². The lowest BCUT2D eigenvalue weighted by atomic mass is 10.1. The maximum Gasteiger partial charge on any atom is 0.246 e. The Morgan fingerprint density at radius 1 is 1.11 bits per heavy atom. The maximum absolute atomic E-state index is 12.3. The molecule has 0 aliphatic carbocycles. The first-order chi connectivity index (χ1) is 13.0. The minimum absolute atomic E-state index is 0.142. The number of carbonyl (C=O) groups is 3. The van der Waals surface area contributed by atoms with Gasteiger partial charge in [0.15, 0.2) is 0 Å². The molecule has 1 atom stereocenters. The minimum Gasteiger partial charge on any atom is -0.497 e. The molecule has 1 aliphatic heterocycles. The Bertz CT molecular complexity index is 686. The smallest absolute Gasteiger partial charge is 0.246 e. The number of benzene rings is 1. The summed E-state index contributed by atoms with van der Waals surface area (Å²) in [6.45, 7) is 5.44. The normalized spacial score (nSPS) is 19.6. The Hall–Kier alpha value is -2.83. The summed E-state index contributed by atoms with van der Waals surface area (Å²) in [5.41, 5.74) is 1.43. The van der Waals surface area contributed by atoms with Crippen molar-refractivity contribution in [2.45, 2.75) is 46.1 Å². The molecule has 0 aromatic heterocycles. The fraction of sp³-hybridized carbons (Fsp3) is 0.450. The summed E-state index contributed by atoms with van der Waals surface area (Å²) in [5, 5.41) is 7.92. The number of amides is 3. The van der Waals surface area contributed by atoms with E-state index in [9.17, 15) is 14.4 Å². The van der Waals surface area contributed by atoms with E-state index in [1.165, 1.54) is 0 Å². The second-order valence-electron chi connectivity index (χ2n) is 5.80. The van der Waals surface area contributed by atoms with Crippen LogP contribution < -0.4 is 20.7 Å². The van der Waals surface area contributed by atoms with E-state index in [2.05, 4.69) is 16.0 Å². The molecule has 0 saturated carbocycles. The van der Waals surface area contributed by atoms with Gasteiger partial charge in [-0.05, 0) is 37.5 Å². The number of rotatable bonds is 1. The molecule has 2 rings (SSSR count). The summed E-state index contributed by atoms with van der Waals surface area (Å²) in [7, 11) is 1.55. The van der Waals surface area contributed by atoms with Gasteiger partial charge in [0, 0.05) is 12.5 Å². The number of anilines is 1. The number of carbonyl (C=O) groups excluding carboxylic acids is 3. The number of allylic oxidation sites excluding steroid dienone is 1. The van der Waals surface area contributed by atoms with Crippen molar-refractivity contribution < 1.29 is 19.1 Å². The highest BCUT2D eigenvalue weighted by atomic mass is 16.5. The minimum atomic E-state index is -0.738. The summed E-state index contributed by atoms with van der Waals surface area (Å²) < 4.78 is 5.21. The van der Waals surface area contributed by atoms with E-state index in [1.807, 2.05) is 38.1 Å². The Morgan fingerprint density at radius 2 is 1.85 bits per heavy atom. The van der Waals surface area contributed by atoms with Crippen molar-refractivity contribution >= 4 is 29.5 Å². The van der Waals surface area contributed by atoms with Crippen LogP contribution in [0, 0.1) is 0 Å². The Balaban J connectivity index is 0.00000176. The van der Waals surface area contributed by atoms with E-state index in [4.69, 9.17) is 4.74 Å². The highest BCUT2D eigenvalue weighted by Gasteiger charge is 2.17. The molecule has 0 unspecified atom stereocenters. The molecule has 0 spiro atoms. The molecule has 1 heterocycles. The Kier molecular flexibility index (Phi) is 9.64. The molecule has 3 N–H and O–H groups in total. The average molecular weight is 375 g/mol. The van der Waals surface area contributed by atoms with Crippen LogP contribution in [0.5, 0.6) is 5.75 Å². The van der Waals surface area contributed by atoms with Gasteiger partial charge in [0.2, 0.25) is 17.7 Å². The van der Waals surface area contributed by atoms with Crippen LogP contribution in [0.2, 0.25) is 0 Å². The highest BCUT2D eigenvalue weighted by Crippen LogP contribution is 2.24. The van der Waals surface area contributed by atoms with Gasteiger partial charge in [-0.15, -0.1) is 0 Å². The zero-order valence-electron chi connectivity index (χ0n) is 16.4. The second kappa shape index (κ2) is 11.7. The number of nitrogens with one attached hydrogen (secondary N) is 3. The molecular weight excluding hydrogens is 346 g/mol. The van der Waals surface area contributed by atoms with Crippen LogP contribution in [0.1, 0.15) is 45.6 Å². The van der Waals surface area contributed by atoms with Gasteiger partial charge in [-0.25, -0.2) is 0 Å². The molecule has 1 aromatic rings. The van der Waals surface area contributed by atoms with Crippen LogP contribution in [0.4, 0.5) is 5.69 Å². The zero-order valence-corrected chi connectivity index (χ0v) is 16.4. The SMILES string of the molecule is CC.COc1ccc2c(c1)NC(=O)[C@@H](C)NC(=O)CNC(=O)CCC/C=C/2. The molecule has 1 aliphatic rings. The molecule has 0 fully saturated rings. The standard InChI is InChI=1S/C18H23N3O4.C2H6/c1-12-18(24)21-15-10-14(25-2)9-8-13(15)6-4-3-5-7-16(22)19-11-17(23)20-12;1-2/h4,6,8-10,12H,3,5,7,11H2,1-2H3,(H,19,22)(H,20,23)(H,21,24);1-2H3/b6-4+;/t12-;/m1./s1. The van der Waals surface area contributed by atoms with Gasteiger partial charge in [-0.2, -0.15) is 0 Å². The van der Waals surface area contributed by atoms with Crippen molar-refractivity contribution in [1.29, 1.82) is 0 Å². The quantitative estimate of drug-likeness (QED) is 0.702. The van der Waals surface area contributed by atoms with E-state index in [-0.39, 0.29) is 18.4 Å². The lowest BCUT2D eigenvalue weighted by molar-refractivity contribution is -0.128. The first-order valence-corrected chi connectivity index (χ1v) is 9.21. The lowest BCUT2D eigenvalue weighted by Gasteiger charge is -2.16. The van der Waals surface area contributed by atoms with Gasteiger partial charge in [-0.3, -0.25) is 14.4 Å². The van der Waals surface area contributed by atoms with Crippen LogP contribution in [0.3, 0.4) is 0 Å². The van der Waals surface area contributed by atoms with Crippen molar-refractivity contribution in [2.75, 3.05) is 19.0 Å². The van der Waals surface area contributed by atoms with Gasteiger partial charge in [0.1, 0.15) is 11.8 Å². The van der Waals surface area contributed by atoms with E-state index in [0.717, 1.165) is 12.0 Å². The zero-order chi connectivity index (χ0) is 20.2. The molecule has 0 saturated heterocycles. The third kappa shape index (κ3) is 7.52. The molecule has 148 valence electrons. The first-order valence-electron chi connectivity index (χ1n) is 9.21. The highest BCUT2D eigenvalue weighted by molar-refractivity contribution is 5.99. The predicted octanol–water partition coefficient (Wildman–Crippen LogP) is 2.48. The van der Waals surface area contributed by atoms with Gasteiger partial charge in [0.25, 0.3) is 0 Å². The second-order valence-corrected chi connectivity index (χ2v) is 5.80. The van der Waals surface area contributed by atoms with Crippen LogP contribution in [0.25, 0.3) is 6.08 Å². The Morgan fingerprint density at radius 3 is 2.56 bits per heavy atom. The van der Waals surface area contributed by atoms with Gasteiger partial charge < -0.3 is 20.7 Å². The largest absolute Gasteiger partial charge is 0.497 e. The van der Waals surface area contributed by atoms with Gasteiger partial charge in [-0.1, -0.05) is 26.0 Å². The third-order valence-corrected chi connectivity index (χ3v) is 3.81. The van der Waals surface area contributed by atoms with Crippen LogP contribution in [-0.2, 0) is 14.4 Å². The number of fused-ring (bicyclic) bond motifs is 1. The molecular formula is C20H29N3O4. The molecule has 0 radical (unpaired) electrons. The van der Waals surface area contributed by atoms with Crippen molar-refractivity contribution in [3.8, 4) is 5.75 Å². The average Bonchev–Trinajstić information content (AvgIpc) is 2.68. The summed E-state index contributed by atoms with van der Waals surface area (Å²) in [6.07, 6.45) is 5.60. The molecule has 27 heavy (non-hydrogen) atoms. The van der Waals surface area contributed by atoms with E-state index >= 15 is 0 Å². The molecule has 7 nitrogen and oxygen atoms in total. The van der Waals surface area contributed by atoms with Gasteiger partial charge in [0.05, 0.1) is 19.3 Å². The van der Waals surface area contributed by atoms with Crippen LogP contribution in [-0.4, -0.2) is 37.4 Å². The summed E-state index contributed by atoms with van der Waals surface area (Å²) in [6, 6.07) is 4.65. The molecule has 7 heteroatoms. The van der Waals surface area contributed by atoms with Crippen molar-refractivity contribution in [1.82, 2.24) is 10.6 Å². The van der Waals surface area contributed by atoms with Crippen molar-refractivity contribution in [3.05, 3.63) is 29.8 Å². The Labute approximate surface area is 160 Å². The molecule has 0 bridgehead atoms.